The van der Waals surface area contributed by atoms with Gasteiger partial charge < -0.3 is 11.1 Å². The molecule has 7 heteroatoms. The van der Waals surface area contributed by atoms with E-state index in [0.29, 0.717) is 6.54 Å². The van der Waals surface area contributed by atoms with E-state index in [1.807, 2.05) is 17.5 Å². The summed E-state index contributed by atoms with van der Waals surface area (Å²) in [5.74, 6) is 0. The molecule has 0 fully saturated rings. The minimum absolute atomic E-state index is 0.0517. The van der Waals surface area contributed by atoms with Crippen molar-refractivity contribution in [1.29, 1.82) is 0 Å². The number of thiophene rings is 1. The van der Waals surface area contributed by atoms with Crippen LogP contribution in [0.25, 0.3) is 0 Å². The Kier molecular flexibility index (Phi) is 3.55. The van der Waals surface area contributed by atoms with Gasteiger partial charge in [-0.15, -0.1) is 11.3 Å². The van der Waals surface area contributed by atoms with Crippen molar-refractivity contribution < 1.29 is 8.42 Å². The lowest BCUT2D eigenvalue weighted by molar-refractivity contribution is 0.598. The molecule has 1 heterocycles. The number of nitrogen functional groups attached to an aromatic ring is 1. The van der Waals surface area contributed by atoms with E-state index in [4.69, 9.17) is 10.9 Å². The van der Waals surface area contributed by atoms with Crippen LogP contribution in [-0.2, 0) is 16.6 Å². The van der Waals surface area contributed by atoms with Gasteiger partial charge in [-0.1, -0.05) is 6.07 Å². The van der Waals surface area contributed by atoms with Gasteiger partial charge >= 0.3 is 0 Å². The highest BCUT2D eigenvalue weighted by atomic mass is 32.2. The number of nitrogens with one attached hydrogen (secondary N) is 1. The summed E-state index contributed by atoms with van der Waals surface area (Å²) in [5.41, 5.74) is 6.56. The third kappa shape index (κ3) is 3.00. The van der Waals surface area contributed by atoms with E-state index >= 15 is 0 Å². The molecule has 2 aromatic rings. The van der Waals surface area contributed by atoms with Crippen LogP contribution in [0.4, 0.5) is 11.4 Å². The Morgan fingerprint density at radius 1 is 1.28 bits per heavy atom. The van der Waals surface area contributed by atoms with Gasteiger partial charge in [0.2, 0.25) is 10.0 Å². The summed E-state index contributed by atoms with van der Waals surface area (Å²) < 4.78 is 22.4. The Morgan fingerprint density at radius 3 is 2.61 bits per heavy atom. The van der Waals surface area contributed by atoms with E-state index in [2.05, 4.69) is 5.32 Å². The number of nitrogens with two attached hydrogens (primary N) is 2. The Balaban J connectivity index is 2.14. The number of sulfonamides is 1. The van der Waals surface area contributed by atoms with Gasteiger partial charge in [0.05, 0.1) is 5.69 Å². The van der Waals surface area contributed by atoms with Crippen LogP contribution < -0.4 is 16.2 Å². The van der Waals surface area contributed by atoms with E-state index in [0.717, 1.165) is 5.69 Å². The molecule has 1 aromatic heterocycles. The highest BCUT2D eigenvalue weighted by Crippen LogP contribution is 2.22. The van der Waals surface area contributed by atoms with Gasteiger partial charge in [-0.05, 0) is 29.6 Å². The summed E-state index contributed by atoms with van der Waals surface area (Å²) in [7, 11) is -3.76. The minimum Gasteiger partial charge on any atom is -0.398 e. The van der Waals surface area contributed by atoms with Crippen LogP contribution in [0.5, 0.6) is 0 Å². The highest BCUT2D eigenvalue weighted by molar-refractivity contribution is 7.89. The van der Waals surface area contributed by atoms with Crippen molar-refractivity contribution in [3.05, 3.63) is 40.6 Å². The molecule has 5 nitrogen and oxygen atoms in total. The molecule has 0 aliphatic carbocycles. The third-order valence-corrected chi connectivity index (χ3v) is 4.22. The minimum atomic E-state index is -3.76. The maximum atomic E-state index is 11.2. The van der Waals surface area contributed by atoms with Gasteiger partial charge in [-0.3, -0.25) is 0 Å². The quantitative estimate of drug-likeness (QED) is 0.742. The van der Waals surface area contributed by atoms with Crippen LogP contribution in [0.3, 0.4) is 0 Å². The van der Waals surface area contributed by atoms with Crippen LogP contribution >= 0.6 is 11.3 Å². The fourth-order valence-corrected chi connectivity index (χ4v) is 2.81. The fraction of sp³-hybridized carbons (Fsp3) is 0.0909. The van der Waals surface area contributed by atoms with Crippen LogP contribution in [0, 0.1) is 0 Å². The molecule has 0 atom stereocenters. The zero-order chi connectivity index (χ0) is 13.2. The summed E-state index contributed by atoms with van der Waals surface area (Å²) in [4.78, 5) is 1.13. The number of hydrogen-bond acceptors (Lipinski definition) is 5. The first kappa shape index (κ1) is 12.9. The van der Waals surface area contributed by atoms with Crippen molar-refractivity contribution in [2.24, 2.45) is 5.14 Å². The molecule has 0 aliphatic heterocycles. The molecule has 0 spiro atoms. The molecule has 0 saturated heterocycles. The van der Waals surface area contributed by atoms with Gasteiger partial charge in [0.25, 0.3) is 0 Å². The molecular formula is C11H13N3O2S2. The molecule has 0 radical (unpaired) electrons. The predicted octanol–water partition coefficient (Wildman–Crippen LogP) is 1.59. The molecular weight excluding hydrogens is 270 g/mol. The van der Waals surface area contributed by atoms with Crippen molar-refractivity contribution >= 4 is 32.7 Å². The summed E-state index contributed by atoms with van der Waals surface area (Å²) in [6, 6.07) is 8.60. The summed E-state index contributed by atoms with van der Waals surface area (Å²) in [5, 5.41) is 10.2. The van der Waals surface area contributed by atoms with Crippen molar-refractivity contribution in [2.75, 3.05) is 11.1 Å². The summed E-state index contributed by atoms with van der Waals surface area (Å²) in [6.07, 6.45) is 0. The van der Waals surface area contributed by atoms with Gasteiger partial charge in [0.15, 0.2) is 0 Å². The smallest absolute Gasteiger partial charge is 0.240 e. The maximum absolute atomic E-state index is 11.2. The Hall–Kier alpha value is -1.57. The lowest BCUT2D eigenvalue weighted by atomic mass is 10.3. The molecule has 0 saturated carbocycles. The Labute approximate surface area is 109 Å². The molecule has 0 aliphatic rings. The standard InChI is InChI=1S/C11H13N3O2S2/c12-10-6-8(3-4-11(10)18(13,15)16)14-7-9-2-1-5-17-9/h1-6,14H,7,12H2,(H2,13,15,16). The van der Waals surface area contributed by atoms with Crippen LogP contribution in [0.1, 0.15) is 4.88 Å². The van der Waals surface area contributed by atoms with Crippen molar-refractivity contribution in [3.8, 4) is 0 Å². The van der Waals surface area contributed by atoms with Gasteiger partial charge in [0, 0.05) is 17.1 Å². The lowest BCUT2D eigenvalue weighted by Crippen LogP contribution is -2.14. The normalized spacial score (nSPS) is 11.4. The third-order valence-electron chi connectivity index (χ3n) is 2.36. The number of anilines is 2. The van der Waals surface area contributed by atoms with E-state index in [-0.39, 0.29) is 10.6 Å². The molecule has 0 unspecified atom stereocenters. The molecule has 0 bridgehead atoms. The second-order valence-electron chi connectivity index (χ2n) is 3.73. The summed E-state index contributed by atoms with van der Waals surface area (Å²) >= 11 is 1.64. The number of primary sulfonamides is 1. The van der Waals surface area contributed by atoms with E-state index in [1.54, 1.807) is 23.5 Å². The van der Waals surface area contributed by atoms with E-state index in [9.17, 15) is 8.42 Å². The molecule has 5 N–H and O–H groups in total. The number of hydrogen-bond donors (Lipinski definition) is 3. The lowest BCUT2D eigenvalue weighted by Gasteiger charge is -2.08. The van der Waals surface area contributed by atoms with Crippen LogP contribution in [0.2, 0.25) is 0 Å². The average molecular weight is 283 g/mol. The SMILES string of the molecule is Nc1cc(NCc2cccs2)ccc1S(N)(=O)=O. The zero-order valence-electron chi connectivity index (χ0n) is 9.46. The fourth-order valence-electron chi connectivity index (χ4n) is 1.52. The Morgan fingerprint density at radius 2 is 2.06 bits per heavy atom. The van der Waals surface area contributed by atoms with Gasteiger partial charge in [-0.25, -0.2) is 13.6 Å². The maximum Gasteiger partial charge on any atom is 0.240 e. The van der Waals surface area contributed by atoms with Gasteiger partial charge in [0.1, 0.15) is 4.90 Å². The monoisotopic (exact) mass is 283 g/mol. The van der Waals surface area contributed by atoms with E-state index < -0.39 is 10.0 Å². The van der Waals surface area contributed by atoms with Crippen molar-refractivity contribution in [3.63, 3.8) is 0 Å². The average Bonchev–Trinajstić information content (AvgIpc) is 2.77. The molecule has 2 rings (SSSR count). The molecule has 96 valence electrons. The van der Waals surface area contributed by atoms with Gasteiger partial charge in [-0.2, -0.15) is 0 Å². The second kappa shape index (κ2) is 4.97. The second-order valence-corrected chi connectivity index (χ2v) is 6.29. The summed E-state index contributed by atoms with van der Waals surface area (Å²) in [6.45, 7) is 0.672. The van der Waals surface area contributed by atoms with Crippen molar-refractivity contribution in [2.45, 2.75) is 11.4 Å². The Bertz CT molecular complexity index is 636. The first-order chi connectivity index (χ1) is 8.47. The van der Waals surface area contributed by atoms with Crippen molar-refractivity contribution in [1.82, 2.24) is 0 Å². The molecule has 1 aromatic carbocycles. The molecule has 18 heavy (non-hydrogen) atoms. The number of rotatable bonds is 4. The van der Waals surface area contributed by atoms with Crippen LogP contribution in [0.15, 0.2) is 40.6 Å². The number of benzene rings is 1. The highest BCUT2D eigenvalue weighted by Gasteiger charge is 2.12. The predicted molar refractivity (Wildman–Crippen MR) is 73.9 cm³/mol. The van der Waals surface area contributed by atoms with E-state index in [1.165, 1.54) is 10.9 Å². The topological polar surface area (TPSA) is 98.2 Å². The molecule has 0 amide bonds. The van der Waals surface area contributed by atoms with Crippen LogP contribution in [-0.4, -0.2) is 8.42 Å². The first-order valence-corrected chi connectivity index (χ1v) is 7.58. The zero-order valence-corrected chi connectivity index (χ0v) is 11.1. The first-order valence-electron chi connectivity index (χ1n) is 5.15. The largest absolute Gasteiger partial charge is 0.398 e.